The molecule has 5 heteroatoms. The van der Waals surface area contributed by atoms with Crippen molar-refractivity contribution in [1.82, 2.24) is 0 Å². The molecule has 0 spiro atoms. The molecule has 0 bridgehead atoms. The second-order valence-corrected chi connectivity index (χ2v) is 4.48. The van der Waals surface area contributed by atoms with Crippen LogP contribution < -0.4 is 4.18 Å². The molecule has 0 aliphatic carbocycles. The Morgan fingerprint density at radius 3 is 2.38 bits per heavy atom. The van der Waals surface area contributed by atoms with Gasteiger partial charge in [-0.1, -0.05) is 30.3 Å². The first-order chi connectivity index (χ1) is 7.61. The highest BCUT2D eigenvalue weighted by molar-refractivity contribution is 7.82. The predicted molar refractivity (Wildman–Crippen MR) is 60.5 cm³/mol. The van der Waals surface area contributed by atoms with Gasteiger partial charge in [0, 0.05) is 0 Å². The molecule has 0 aliphatic heterocycles. The van der Waals surface area contributed by atoms with Crippen LogP contribution in [0.3, 0.4) is 0 Å². The Morgan fingerprint density at radius 2 is 1.69 bits per heavy atom. The van der Waals surface area contributed by atoms with Crippen LogP contribution in [0.4, 0.5) is 0 Å². The minimum Gasteiger partial charge on any atom is -0.362 e. The average molecular weight is 238 g/mol. The molecule has 0 amide bonds. The van der Waals surface area contributed by atoms with Crippen LogP contribution in [0, 0.1) is 0 Å². The highest BCUT2D eigenvalue weighted by Crippen LogP contribution is 2.21. The lowest BCUT2D eigenvalue weighted by Gasteiger charge is -2.05. The molecule has 0 saturated heterocycles. The summed E-state index contributed by atoms with van der Waals surface area (Å²) in [7, 11) is -2.89. The van der Waals surface area contributed by atoms with E-state index in [1.54, 1.807) is 18.2 Å². The van der Waals surface area contributed by atoms with Gasteiger partial charge in [0.25, 0.3) is 0 Å². The van der Waals surface area contributed by atoms with E-state index in [1.807, 2.05) is 24.3 Å². The molecule has 84 valence electrons. The van der Waals surface area contributed by atoms with Crippen LogP contribution in [-0.2, 0) is 14.6 Å². The second kappa shape index (κ2) is 4.11. The van der Waals surface area contributed by atoms with Gasteiger partial charge in [0.1, 0.15) is 5.75 Å². The minimum atomic E-state index is -3.94. The quantitative estimate of drug-likeness (QED) is 0.821. The summed E-state index contributed by atoms with van der Waals surface area (Å²) in [5.74, 6) is 0.237. The monoisotopic (exact) mass is 238 g/mol. The van der Waals surface area contributed by atoms with E-state index in [2.05, 4.69) is 4.18 Å². The molecule has 0 atom stereocenters. The summed E-state index contributed by atoms with van der Waals surface area (Å²) in [6.45, 7) is 0. The maximum absolute atomic E-state index is 11.1. The molecule has 0 radical (unpaired) electrons. The Morgan fingerprint density at radius 1 is 1.00 bits per heavy atom. The van der Waals surface area contributed by atoms with Crippen molar-refractivity contribution >= 4 is 21.2 Å². The fraction of sp³-hybridized carbons (Fsp3) is 0.0909. The Bertz CT molecular complexity index is 604. The van der Waals surface area contributed by atoms with E-state index in [9.17, 15) is 8.42 Å². The summed E-state index contributed by atoms with van der Waals surface area (Å²) in [6.07, 6.45) is 0. The summed E-state index contributed by atoms with van der Waals surface area (Å²) < 4.78 is 31.0. The summed E-state index contributed by atoms with van der Waals surface area (Å²) in [5, 5.41) is 1.93. The maximum atomic E-state index is 11.1. The van der Waals surface area contributed by atoms with Gasteiger partial charge < -0.3 is 4.18 Å². The number of fused-ring (bicyclic) bond motifs is 1. The first-order valence-electron chi connectivity index (χ1n) is 4.59. The van der Waals surface area contributed by atoms with Crippen LogP contribution in [0.2, 0.25) is 0 Å². The van der Waals surface area contributed by atoms with Crippen molar-refractivity contribution in [1.29, 1.82) is 0 Å². The molecule has 0 unspecified atom stereocenters. The third-order valence-electron chi connectivity index (χ3n) is 2.12. The van der Waals surface area contributed by atoms with Crippen molar-refractivity contribution < 1.29 is 16.8 Å². The molecule has 0 saturated carbocycles. The third kappa shape index (κ3) is 2.32. The van der Waals surface area contributed by atoms with Crippen LogP contribution in [-0.4, -0.2) is 15.5 Å². The van der Waals surface area contributed by atoms with Gasteiger partial charge in [-0.2, -0.15) is 8.42 Å². The molecule has 2 aromatic rings. The second-order valence-electron chi connectivity index (χ2n) is 3.17. The Kier molecular flexibility index (Phi) is 2.80. The average Bonchev–Trinajstić information content (AvgIpc) is 2.28. The topological polar surface area (TPSA) is 52.6 Å². The molecular formula is C11H10O4S. The third-order valence-corrected chi connectivity index (χ3v) is 2.93. The van der Waals surface area contributed by atoms with Crippen LogP contribution in [0.5, 0.6) is 5.75 Å². The lowest BCUT2D eigenvalue weighted by Crippen LogP contribution is -2.10. The van der Waals surface area contributed by atoms with Gasteiger partial charge in [-0.15, -0.1) is 0 Å². The van der Waals surface area contributed by atoms with E-state index >= 15 is 0 Å². The van der Waals surface area contributed by atoms with Crippen molar-refractivity contribution in [3.63, 3.8) is 0 Å². The first kappa shape index (κ1) is 10.9. The first-order valence-corrected chi connectivity index (χ1v) is 5.93. The predicted octanol–water partition coefficient (Wildman–Crippen LogP) is 2.11. The van der Waals surface area contributed by atoms with Crippen molar-refractivity contribution in [2.45, 2.75) is 0 Å². The van der Waals surface area contributed by atoms with Gasteiger partial charge >= 0.3 is 10.4 Å². The summed E-state index contributed by atoms with van der Waals surface area (Å²) in [5.41, 5.74) is 0. The van der Waals surface area contributed by atoms with E-state index in [4.69, 9.17) is 4.18 Å². The van der Waals surface area contributed by atoms with Crippen molar-refractivity contribution in [2.24, 2.45) is 0 Å². The molecule has 2 aromatic carbocycles. The highest BCUT2D eigenvalue weighted by atomic mass is 32.3. The van der Waals surface area contributed by atoms with E-state index in [0.29, 0.717) is 0 Å². The zero-order chi connectivity index (χ0) is 11.6. The van der Waals surface area contributed by atoms with Gasteiger partial charge in [-0.25, -0.2) is 4.18 Å². The van der Waals surface area contributed by atoms with E-state index < -0.39 is 10.4 Å². The maximum Gasteiger partial charge on any atom is 0.448 e. The smallest absolute Gasteiger partial charge is 0.362 e. The van der Waals surface area contributed by atoms with Crippen molar-refractivity contribution in [3.05, 3.63) is 42.5 Å². The van der Waals surface area contributed by atoms with Crippen LogP contribution in [0.15, 0.2) is 42.5 Å². The molecule has 2 rings (SSSR count). The van der Waals surface area contributed by atoms with Gasteiger partial charge in [0.15, 0.2) is 0 Å². The standard InChI is InChI=1S/C11H10O4S/c1-14-16(12,13)15-11-7-6-9-4-2-3-5-10(9)8-11/h2-8H,1H3. The van der Waals surface area contributed by atoms with Gasteiger partial charge in [-0.3, -0.25) is 0 Å². The number of hydrogen-bond donors (Lipinski definition) is 0. The summed E-state index contributed by atoms with van der Waals surface area (Å²) >= 11 is 0. The van der Waals surface area contributed by atoms with Gasteiger partial charge in [0.05, 0.1) is 7.11 Å². The largest absolute Gasteiger partial charge is 0.448 e. The molecule has 0 heterocycles. The van der Waals surface area contributed by atoms with Crippen LogP contribution in [0.1, 0.15) is 0 Å². The van der Waals surface area contributed by atoms with Crippen LogP contribution in [0.25, 0.3) is 10.8 Å². The fourth-order valence-electron chi connectivity index (χ4n) is 1.37. The molecule has 16 heavy (non-hydrogen) atoms. The van der Waals surface area contributed by atoms with Crippen molar-refractivity contribution in [3.8, 4) is 5.75 Å². The van der Waals surface area contributed by atoms with E-state index in [1.165, 1.54) is 0 Å². The normalized spacial score (nSPS) is 11.6. The minimum absolute atomic E-state index is 0.237. The van der Waals surface area contributed by atoms with E-state index in [0.717, 1.165) is 17.9 Å². The Hall–Kier alpha value is -1.59. The number of benzene rings is 2. The van der Waals surface area contributed by atoms with Crippen LogP contribution >= 0.6 is 0 Å². The zero-order valence-corrected chi connectivity index (χ0v) is 9.40. The van der Waals surface area contributed by atoms with Gasteiger partial charge in [-0.05, 0) is 22.9 Å². The highest BCUT2D eigenvalue weighted by Gasteiger charge is 2.10. The molecule has 0 N–H and O–H groups in total. The lowest BCUT2D eigenvalue weighted by molar-refractivity contribution is 0.330. The van der Waals surface area contributed by atoms with Gasteiger partial charge in [0.2, 0.25) is 0 Å². The molecule has 0 fully saturated rings. The molecular weight excluding hydrogens is 228 g/mol. The Labute approximate surface area is 93.7 Å². The van der Waals surface area contributed by atoms with E-state index in [-0.39, 0.29) is 5.75 Å². The molecule has 0 aliphatic rings. The lowest BCUT2D eigenvalue weighted by atomic mass is 10.1. The number of rotatable bonds is 3. The van der Waals surface area contributed by atoms with Crippen molar-refractivity contribution in [2.75, 3.05) is 7.11 Å². The molecule has 0 aromatic heterocycles. The number of hydrogen-bond acceptors (Lipinski definition) is 4. The Balaban J connectivity index is 2.40. The fourth-order valence-corrected chi connectivity index (χ4v) is 1.78. The summed E-state index contributed by atoms with van der Waals surface area (Å²) in [6, 6.07) is 12.6. The zero-order valence-electron chi connectivity index (χ0n) is 8.58. The summed E-state index contributed by atoms with van der Waals surface area (Å²) in [4.78, 5) is 0. The SMILES string of the molecule is COS(=O)(=O)Oc1ccc2ccccc2c1. The molecule has 4 nitrogen and oxygen atoms in total.